The van der Waals surface area contributed by atoms with Crippen LogP contribution in [0.5, 0.6) is 5.75 Å². The third kappa shape index (κ3) is 4.47. The SMILES string of the molecule is COc1cccc(C(C)NC(=O)C2CNCC2c2ccc(C(F)(F)F)cc2)c1. The van der Waals surface area contributed by atoms with E-state index in [0.29, 0.717) is 18.8 Å². The van der Waals surface area contributed by atoms with Crippen LogP contribution in [0.2, 0.25) is 0 Å². The zero-order valence-corrected chi connectivity index (χ0v) is 15.7. The lowest BCUT2D eigenvalue weighted by atomic mass is 9.87. The number of hydrogen-bond donors (Lipinski definition) is 2. The Morgan fingerprint density at radius 3 is 2.54 bits per heavy atom. The fourth-order valence-corrected chi connectivity index (χ4v) is 3.54. The van der Waals surface area contributed by atoms with Gasteiger partial charge in [-0.3, -0.25) is 4.79 Å². The van der Waals surface area contributed by atoms with Gasteiger partial charge in [0, 0.05) is 19.0 Å². The van der Waals surface area contributed by atoms with E-state index in [1.165, 1.54) is 12.1 Å². The van der Waals surface area contributed by atoms with Gasteiger partial charge in [0.15, 0.2) is 0 Å². The number of methoxy groups -OCH3 is 1. The van der Waals surface area contributed by atoms with Crippen molar-refractivity contribution in [1.29, 1.82) is 0 Å². The van der Waals surface area contributed by atoms with E-state index in [1.54, 1.807) is 7.11 Å². The lowest BCUT2D eigenvalue weighted by molar-refractivity contribution is -0.137. The van der Waals surface area contributed by atoms with Crippen molar-refractivity contribution in [2.24, 2.45) is 5.92 Å². The van der Waals surface area contributed by atoms with Crippen molar-refractivity contribution in [3.8, 4) is 5.75 Å². The van der Waals surface area contributed by atoms with Crippen LogP contribution in [0.1, 0.15) is 35.6 Å². The molecule has 0 saturated carbocycles. The lowest BCUT2D eigenvalue weighted by Gasteiger charge is -2.22. The van der Waals surface area contributed by atoms with Gasteiger partial charge in [-0.1, -0.05) is 24.3 Å². The Labute approximate surface area is 162 Å². The Morgan fingerprint density at radius 1 is 1.18 bits per heavy atom. The smallest absolute Gasteiger partial charge is 0.416 e. The highest BCUT2D eigenvalue weighted by atomic mass is 19.4. The number of carbonyl (C=O) groups excluding carboxylic acids is 1. The summed E-state index contributed by atoms with van der Waals surface area (Å²) in [6, 6.07) is 12.3. The molecule has 0 bridgehead atoms. The maximum Gasteiger partial charge on any atom is 0.416 e. The summed E-state index contributed by atoms with van der Waals surface area (Å²) in [6.07, 6.45) is -4.37. The summed E-state index contributed by atoms with van der Waals surface area (Å²) >= 11 is 0. The molecule has 2 aromatic carbocycles. The first-order valence-electron chi connectivity index (χ1n) is 9.12. The molecule has 4 nitrogen and oxygen atoms in total. The summed E-state index contributed by atoms with van der Waals surface area (Å²) < 4.78 is 43.5. The van der Waals surface area contributed by atoms with E-state index in [1.807, 2.05) is 31.2 Å². The fraction of sp³-hybridized carbons (Fsp3) is 0.381. The minimum Gasteiger partial charge on any atom is -0.497 e. The van der Waals surface area contributed by atoms with Crippen molar-refractivity contribution < 1.29 is 22.7 Å². The van der Waals surface area contributed by atoms with Gasteiger partial charge in [0.1, 0.15) is 5.75 Å². The molecular formula is C21H23F3N2O2. The lowest BCUT2D eigenvalue weighted by Crippen LogP contribution is -2.36. The summed E-state index contributed by atoms with van der Waals surface area (Å²) in [7, 11) is 1.58. The van der Waals surface area contributed by atoms with E-state index in [9.17, 15) is 18.0 Å². The predicted octanol–water partition coefficient (Wildman–Crippen LogP) is 3.89. The van der Waals surface area contributed by atoms with E-state index in [0.717, 1.165) is 23.3 Å². The number of amides is 1. The van der Waals surface area contributed by atoms with Gasteiger partial charge < -0.3 is 15.4 Å². The molecule has 1 saturated heterocycles. The number of ether oxygens (including phenoxy) is 1. The average molecular weight is 392 g/mol. The van der Waals surface area contributed by atoms with Gasteiger partial charge in [0.2, 0.25) is 5.91 Å². The number of halogens is 3. The molecule has 0 radical (unpaired) electrons. The quantitative estimate of drug-likeness (QED) is 0.812. The summed E-state index contributed by atoms with van der Waals surface area (Å²) in [6.45, 7) is 2.93. The van der Waals surface area contributed by atoms with E-state index < -0.39 is 11.7 Å². The molecule has 3 rings (SSSR count). The van der Waals surface area contributed by atoms with E-state index >= 15 is 0 Å². The average Bonchev–Trinajstić information content (AvgIpc) is 3.17. The van der Waals surface area contributed by atoms with Crippen molar-refractivity contribution in [3.05, 3.63) is 65.2 Å². The van der Waals surface area contributed by atoms with Crippen molar-refractivity contribution in [2.45, 2.75) is 25.1 Å². The highest BCUT2D eigenvalue weighted by Gasteiger charge is 2.35. The van der Waals surface area contributed by atoms with Gasteiger partial charge in [0.05, 0.1) is 24.6 Å². The second kappa shape index (κ2) is 8.22. The minimum absolute atomic E-state index is 0.120. The molecule has 1 aliphatic rings. The highest BCUT2D eigenvalue weighted by molar-refractivity contribution is 5.81. The largest absolute Gasteiger partial charge is 0.497 e. The summed E-state index contributed by atoms with van der Waals surface area (Å²) in [4.78, 5) is 12.8. The second-order valence-corrected chi connectivity index (χ2v) is 7.00. The normalized spacial score (nSPS) is 20.6. The first-order valence-corrected chi connectivity index (χ1v) is 9.12. The molecule has 1 heterocycles. The van der Waals surface area contributed by atoms with Gasteiger partial charge >= 0.3 is 6.18 Å². The molecule has 0 aromatic heterocycles. The van der Waals surface area contributed by atoms with Crippen LogP contribution in [0.25, 0.3) is 0 Å². The topological polar surface area (TPSA) is 50.4 Å². The molecular weight excluding hydrogens is 369 g/mol. The Kier molecular flexibility index (Phi) is 5.93. The third-order valence-electron chi connectivity index (χ3n) is 5.17. The number of carbonyl (C=O) groups is 1. The molecule has 2 aromatic rings. The Balaban J connectivity index is 1.70. The van der Waals surface area contributed by atoms with Gasteiger partial charge in [-0.2, -0.15) is 13.2 Å². The van der Waals surface area contributed by atoms with Crippen molar-refractivity contribution >= 4 is 5.91 Å². The standard InChI is InChI=1S/C21H23F3N2O2/c1-13(15-4-3-5-17(10-15)28-2)26-20(27)19-12-25-11-18(19)14-6-8-16(9-7-14)21(22,23)24/h3-10,13,18-19,25H,11-12H2,1-2H3,(H,26,27). The zero-order chi connectivity index (χ0) is 20.3. The van der Waals surface area contributed by atoms with E-state index in [4.69, 9.17) is 4.74 Å². The van der Waals surface area contributed by atoms with Crippen molar-refractivity contribution in [3.63, 3.8) is 0 Å². The predicted molar refractivity (Wildman–Crippen MR) is 100 cm³/mol. The van der Waals surface area contributed by atoms with Gasteiger partial charge in [0.25, 0.3) is 0 Å². The summed E-state index contributed by atoms with van der Waals surface area (Å²) in [5, 5.41) is 6.19. The first kappa shape index (κ1) is 20.2. The fourth-order valence-electron chi connectivity index (χ4n) is 3.54. The first-order chi connectivity index (χ1) is 13.3. The maximum absolute atomic E-state index is 12.8. The van der Waals surface area contributed by atoms with Crippen molar-refractivity contribution in [1.82, 2.24) is 10.6 Å². The molecule has 1 aliphatic heterocycles. The van der Waals surface area contributed by atoms with E-state index in [2.05, 4.69) is 10.6 Å². The van der Waals surface area contributed by atoms with Crippen LogP contribution in [0.15, 0.2) is 48.5 Å². The molecule has 1 amide bonds. The molecule has 2 N–H and O–H groups in total. The van der Waals surface area contributed by atoms with Crippen molar-refractivity contribution in [2.75, 3.05) is 20.2 Å². The molecule has 28 heavy (non-hydrogen) atoms. The highest BCUT2D eigenvalue weighted by Crippen LogP contribution is 2.33. The molecule has 3 unspecified atom stereocenters. The van der Waals surface area contributed by atoms with Gasteiger partial charge in [-0.25, -0.2) is 0 Å². The van der Waals surface area contributed by atoms with Crippen LogP contribution in [0.3, 0.4) is 0 Å². The molecule has 1 fully saturated rings. The Morgan fingerprint density at radius 2 is 1.89 bits per heavy atom. The van der Waals surface area contributed by atoms with Gasteiger partial charge in [-0.05, 0) is 42.3 Å². The number of hydrogen-bond acceptors (Lipinski definition) is 3. The van der Waals surface area contributed by atoms with Gasteiger partial charge in [-0.15, -0.1) is 0 Å². The minimum atomic E-state index is -4.37. The number of alkyl halides is 3. The molecule has 7 heteroatoms. The van der Waals surface area contributed by atoms with Crippen LogP contribution in [0.4, 0.5) is 13.2 Å². The van der Waals surface area contributed by atoms with Crippen LogP contribution in [-0.2, 0) is 11.0 Å². The number of nitrogens with one attached hydrogen (secondary N) is 2. The van der Waals surface area contributed by atoms with Crippen LogP contribution in [0, 0.1) is 5.92 Å². The third-order valence-corrected chi connectivity index (χ3v) is 5.17. The Hall–Kier alpha value is -2.54. The maximum atomic E-state index is 12.8. The van der Waals surface area contributed by atoms with Crippen LogP contribution in [-0.4, -0.2) is 26.1 Å². The second-order valence-electron chi connectivity index (χ2n) is 7.00. The van der Waals surface area contributed by atoms with E-state index in [-0.39, 0.29) is 23.8 Å². The number of benzene rings is 2. The summed E-state index contributed by atoms with van der Waals surface area (Å²) in [5.41, 5.74) is 0.965. The Bertz CT molecular complexity index is 821. The molecule has 0 spiro atoms. The van der Waals surface area contributed by atoms with Crippen LogP contribution >= 0.6 is 0 Å². The molecule has 150 valence electrons. The zero-order valence-electron chi connectivity index (χ0n) is 15.7. The number of rotatable bonds is 5. The van der Waals surface area contributed by atoms with Crippen LogP contribution < -0.4 is 15.4 Å². The monoisotopic (exact) mass is 392 g/mol. The summed E-state index contributed by atoms with van der Waals surface area (Å²) in [5.74, 6) is 0.0820. The molecule has 3 atom stereocenters. The molecule has 0 aliphatic carbocycles.